The first-order chi connectivity index (χ1) is 13.6. The molecule has 0 aliphatic rings. The van der Waals surface area contributed by atoms with Crippen molar-refractivity contribution in [3.05, 3.63) is 83.0 Å². The summed E-state index contributed by atoms with van der Waals surface area (Å²) in [7, 11) is 0. The summed E-state index contributed by atoms with van der Waals surface area (Å²) in [6.45, 7) is 4.23. The molecule has 5 nitrogen and oxygen atoms in total. The number of hydrogen-bond acceptors (Lipinski definition) is 5. The number of aryl methyl sites for hydroxylation is 2. The second-order valence-corrected chi connectivity index (χ2v) is 7.52. The smallest absolute Gasteiger partial charge is 0.236 e. The van der Waals surface area contributed by atoms with Gasteiger partial charge in [-0.05, 0) is 49.6 Å². The summed E-state index contributed by atoms with van der Waals surface area (Å²) >= 11 is 1.56. The molecule has 0 fully saturated rings. The number of aromatic nitrogens is 1. The molecule has 0 saturated carbocycles. The van der Waals surface area contributed by atoms with E-state index in [1.165, 1.54) is 0 Å². The second-order valence-electron chi connectivity index (χ2n) is 6.57. The minimum Gasteiger partial charge on any atom is -0.467 e. The third kappa shape index (κ3) is 3.92. The summed E-state index contributed by atoms with van der Waals surface area (Å²) in [5.41, 5.74) is 2.62. The number of carbonyl (C=O) groups excluding carboxylic acids is 1. The quantitative estimate of drug-likeness (QED) is 0.441. The van der Waals surface area contributed by atoms with E-state index in [1.807, 2.05) is 67.8 Å². The van der Waals surface area contributed by atoms with Crippen LogP contribution in [0.3, 0.4) is 0 Å². The summed E-state index contributed by atoms with van der Waals surface area (Å²) < 4.78 is 11.2. The van der Waals surface area contributed by atoms with Crippen LogP contribution in [0.1, 0.15) is 22.8 Å². The van der Waals surface area contributed by atoms with Crippen LogP contribution >= 0.6 is 11.3 Å². The molecule has 28 heavy (non-hydrogen) atoms. The van der Waals surface area contributed by atoms with Gasteiger partial charge in [0.05, 0.1) is 29.8 Å². The summed E-state index contributed by atoms with van der Waals surface area (Å²) in [5, 5.41) is 1.97. The fourth-order valence-corrected chi connectivity index (χ4v) is 3.59. The Bertz CT molecular complexity index is 1050. The standard InChI is InChI=1S/C22H20N2O3S/c1-15-7-9-17(10-8-15)24(14-18-5-3-11-26-18)21(25)13-19-16(2)27-22(23-19)20-6-4-12-28-20/h3-12H,13-14H2,1-2H3. The zero-order valence-electron chi connectivity index (χ0n) is 15.7. The molecule has 0 atom stereocenters. The Balaban J connectivity index is 1.59. The fraction of sp³-hybridized carbons (Fsp3) is 0.182. The van der Waals surface area contributed by atoms with Crippen LogP contribution in [0.5, 0.6) is 0 Å². The van der Waals surface area contributed by atoms with E-state index in [0.717, 1.165) is 21.9 Å². The molecule has 3 aromatic heterocycles. The highest BCUT2D eigenvalue weighted by Gasteiger charge is 2.22. The molecule has 0 aliphatic carbocycles. The highest BCUT2D eigenvalue weighted by molar-refractivity contribution is 7.13. The van der Waals surface area contributed by atoms with Crippen molar-refractivity contribution >= 4 is 22.9 Å². The van der Waals surface area contributed by atoms with E-state index in [0.29, 0.717) is 23.9 Å². The number of rotatable bonds is 6. The zero-order chi connectivity index (χ0) is 19.5. The first-order valence-corrected chi connectivity index (χ1v) is 9.88. The molecular formula is C22H20N2O3S. The maximum absolute atomic E-state index is 13.2. The maximum atomic E-state index is 13.2. The molecule has 1 aromatic carbocycles. The first-order valence-electron chi connectivity index (χ1n) is 9.00. The van der Waals surface area contributed by atoms with E-state index < -0.39 is 0 Å². The predicted octanol–water partition coefficient (Wildman–Crippen LogP) is 5.39. The van der Waals surface area contributed by atoms with Gasteiger partial charge < -0.3 is 13.7 Å². The molecule has 0 aliphatic heterocycles. The van der Waals surface area contributed by atoms with Gasteiger partial charge in [0.2, 0.25) is 11.8 Å². The zero-order valence-corrected chi connectivity index (χ0v) is 16.5. The monoisotopic (exact) mass is 392 g/mol. The number of nitrogens with zero attached hydrogens (tertiary/aromatic N) is 2. The lowest BCUT2D eigenvalue weighted by Crippen LogP contribution is -2.31. The van der Waals surface area contributed by atoms with Crippen LogP contribution in [0.15, 0.2) is 69.0 Å². The van der Waals surface area contributed by atoms with E-state index in [-0.39, 0.29) is 12.3 Å². The molecular weight excluding hydrogens is 372 g/mol. The molecule has 6 heteroatoms. The number of thiophene rings is 1. The Hall–Kier alpha value is -3.12. The van der Waals surface area contributed by atoms with Crippen molar-refractivity contribution in [1.29, 1.82) is 0 Å². The van der Waals surface area contributed by atoms with Gasteiger partial charge in [0.15, 0.2) is 0 Å². The van der Waals surface area contributed by atoms with Crippen molar-refractivity contribution in [2.45, 2.75) is 26.8 Å². The summed E-state index contributed by atoms with van der Waals surface area (Å²) in [4.78, 5) is 20.4. The number of furan rings is 1. The van der Waals surface area contributed by atoms with Crippen LogP contribution in [0.4, 0.5) is 5.69 Å². The van der Waals surface area contributed by atoms with Crippen LogP contribution in [-0.2, 0) is 17.8 Å². The van der Waals surface area contributed by atoms with E-state index >= 15 is 0 Å². The highest BCUT2D eigenvalue weighted by Crippen LogP contribution is 2.27. The Kier molecular flexibility index (Phi) is 5.12. The number of carbonyl (C=O) groups is 1. The molecule has 0 radical (unpaired) electrons. The van der Waals surface area contributed by atoms with Gasteiger partial charge in [0.1, 0.15) is 11.5 Å². The Labute approximate surface area is 167 Å². The van der Waals surface area contributed by atoms with Crippen LogP contribution in [0, 0.1) is 13.8 Å². The van der Waals surface area contributed by atoms with E-state index in [4.69, 9.17) is 8.83 Å². The first kappa shape index (κ1) is 18.3. The minimum absolute atomic E-state index is 0.0608. The lowest BCUT2D eigenvalue weighted by molar-refractivity contribution is -0.118. The lowest BCUT2D eigenvalue weighted by Gasteiger charge is -2.22. The number of oxazole rings is 1. The Morgan fingerprint density at radius 3 is 2.61 bits per heavy atom. The maximum Gasteiger partial charge on any atom is 0.236 e. The van der Waals surface area contributed by atoms with Crippen LogP contribution < -0.4 is 4.90 Å². The van der Waals surface area contributed by atoms with Crippen LogP contribution in [0.25, 0.3) is 10.8 Å². The molecule has 0 spiro atoms. The van der Waals surface area contributed by atoms with Crippen molar-refractivity contribution in [1.82, 2.24) is 4.98 Å². The van der Waals surface area contributed by atoms with Crippen molar-refractivity contribution in [2.75, 3.05) is 4.90 Å². The molecule has 3 heterocycles. The largest absolute Gasteiger partial charge is 0.467 e. The SMILES string of the molecule is Cc1ccc(N(Cc2ccco2)C(=O)Cc2nc(-c3cccs3)oc2C)cc1. The summed E-state index contributed by atoms with van der Waals surface area (Å²) in [6, 6.07) is 15.5. The molecule has 0 saturated heterocycles. The molecule has 0 N–H and O–H groups in total. The minimum atomic E-state index is -0.0608. The van der Waals surface area contributed by atoms with E-state index in [1.54, 1.807) is 22.5 Å². The number of amides is 1. The Morgan fingerprint density at radius 2 is 1.93 bits per heavy atom. The van der Waals surface area contributed by atoms with Crippen molar-refractivity contribution in [3.8, 4) is 10.8 Å². The van der Waals surface area contributed by atoms with E-state index in [9.17, 15) is 4.79 Å². The van der Waals surface area contributed by atoms with Gasteiger partial charge in [-0.25, -0.2) is 4.98 Å². The average molecular weight is 392 g/mol. The van der Waals surface area contributed by atoms with Crippen LogP contribution in [0.2, 0.25) is 0 Å². The molecule has 4 rings (SSSR count). The van der Waals surface area contributed by atoms with Crippen molar-refractivity contribution in [3.63, 3.8) is 0 Å². The third-order valence-corrected chi connectivity index (χ3v) is 5.34. The number of hydrogen-bond donors (Lipinski definition) is 0. The van der Waals surface area contributed by atoms with Gasteiger partial charge >= 0.3 is 0 Å². The lowest BCUT2D eigenvalue weighted by atomic mass is 10.2. The average Bonchev–Trinajstić information content (AvgIpc) is 3.43. The summed E-state index contributed by atoms with van der Waals surface area (Å²) in [5.74, 6) is 1.89. The molecule has 0 unspecified atom stereocenters. The van der Waals surface area contributed by atoms with Gasteiger partial charge in [0, 0.05) is 5.69 Å². The van der Waals surface area contributed by atoms with Crippen molar-refractivity contribution < 1.29 is 13.6 Å². The summed E-state index contributed by atoms with van der Waals surface area (Å²) in [6.07, 6.45) is 1.78. The molecule has 4 aromatic rings. The highest BCUT2D eigenvalue weighted by atomic mass is 32.1. The fourth-order valence-electron chi connectivity index (χ4n) is 2.94. The van der Waals surface area contributed by atoms with Crippen molar-refractivity contribution in [2.24, 2.45) is 0 Å². The van der Waals surface area contributed by atoms with Gasteiger partial charge in [-0.3, -0.25) is 4.79 Å². The van der Waals surface area contributed by atoms with Gasteiger partial charge in [-0.15, -0.1) is 11.3 Å². The Morgan fingerprint density at radius 1 is 1.11 bits per heavy atom. The molecule has 142 valence electrons. The second kappa shape index (κ2) is 7.86. The number of anilines is 1. The molecule has 0 bridgehead atoms. The van der Waals surface area contributed by atoms with E-state index in [2.05, 4.69) is 4.98 Å². The van der Waals surface area contributed by atoms with Crippen LogP contribution in [-0.4, -0.2) is 10.9 Å². The normalized spacial score (nSPS) is 10.9. The predicted molar refractivity (Wildman–Crippen MR) is 109 cm³/mol. The number of benzene rings is 1. The van der Waals surface area contributed by atoms with Gasteiger partial charge in [-0.2, -0.15) is 0 Å². The van der Waals surface area contributed by atoms with Gasteiger partial charge in [0.25, 0.3) is 0 Å². The molecule has 1 amide bonds. The van der Waals surface area contributed by atoms with Gasteiger partial charge in [-0.1, -0.05) is 23.8 Å². The third-order valence-electron chi connectivity index (χ3n) is 4.48. The topological polar surface area (TPSA) is 59.5 Å².